The van der Waals surface area contributed by atoms with Crippen LogP contribution in [0.3, 0.4) is 0 Å². The molecule has 2 aliphatic rings. The highest BCUT2D eigenvalue weighted by Gasteiger charge is 2.37. The van der Waals surface area contributed by atoms with Gasteiger partial charge in [-0.15, -0.1) is 0 Å². The molecule has 0 aromatic rings. The third-order valence-corrected chi connectivity index (χ3v) is 3.52. The lowest BCUT2D eigenvalue weighted by molar-refractivity contribution is -0.187. The molecule has 1 heterocycles. The Morgan fingerprint density at radius 2 is 1.94 bits per heavy atom. The van der Waals surface area contributed by atoms with Crippen LogP contribution in [0.15, 0.2) is 16.7 Å². The number of nitrogens with zero attached hydrogens (tertiary/aromatic N) is 2. The highest BCUT2D eigenvalue weighted by atomic mass is 19.1. The second-order valence-corrected chi connectivity index (χ2v) is 4.93. The summed E-state index contributed by atoms with van der Waals surface area (Å²) in [4.78, 5) is 11.8. The van der Waals surface area contributed by atoms with Crippen LogP contribution in [-0.4, -0.2) is 46.2 Å². The smallest absolute Gasteiger partial charge is 0.165 e. The van der Waals surface area contributed by atoms with Gasteiger partial charge in [0.2, 0.25) is 0 Å². The van der Waals surface area contributed by atoms with Crippen LogP contribution in [0.4, 0.5) is 8.78 Å². The maximum absolute atomic E-state index is 13.8. The monoisotopic (exact) mass is 262 g/mol. The molecular weight excluding hydrogens is 246 g/mol. The number of aliphatic hydroxyl groups is 2. The average Bonchev–Trinajstić information content (AvgIpc) is 2.30. The van der Waals surface area contributed by atoms with Gasteiger partial charge in [0.15, 0.2) is 5.79 Å². The van der Waals surface area contributed by atoms with Crippen LogP contribution in [0.2, 0.25) is 0 Å². The van der Waals surface area contributed by atoms with Crippen molar-refractivity contribution in [3.8, 4) is 0 Å². The van der Waals surface area contributed by atoms with Gasteiger partial charge in [-0.2, -0.15) is 4.91 Å². The number of rotatable bonds is 2. The van der Waals surface area contributed by atoms with Crippen LogP contribution >= 0.6 is 0 Å². The number of hydrogen-bond donors (Lipinski definition) is 2. The summed E-state index contributed by atoms with van der Waals surface area (Å²) in [6.45, 7) is 0.380. The van der Waals surface area contributed by atoms with Crippen molar-refractivity contribution < 1.29 is 19.0 Å². The van der Waals surface area contributed by atoms with Crippen molar-refractivity contribution in [1.82, 2.24) is 4.90 Å². The minimum absolute atomic E-state index is 0.0475. The van der Waals surface area contributed by atoms with E-state index in [0.29, 0.717) is 0 Å². The van der Waals surface area contributed by atoms with E-state index < -0.39 is 23.8 Å². The lowest BCUT2D eigenvalue weighted by atomic mass is 9.94. The van der Waals surface area contributed by atoms with Gasteiger partial charge in [0, 0.05) is 38.8 Å². The Kier molecular flexibility index (Phi) is 3.63. The van der Waals surface area contributed by atoms with Crippen LogP contribution in [0.5, 0.6) is 0 Å². The van der Waals surface area contributed by atoms with Gasteiger partial charge in [0.25, 0.3) is 0 Å². The fourth-order valence-electron chi connectivity index (χ4n) is 2.47. The van der Waals surface area contributed by atoms with Crippen molar-refractivity contribution in [2.45, 2.75) is 43.7 Å². The standard InChI is InChI=1S/C11H16F2N2O3/c12-8-5-7(14-18)6-9(13)10(8)15-3-1-11(16,17)2-4-15/h7-8,16-17H,1-6H2. The third kappa shape index (κ3) is 2.67. The number of halogens is 2. The first kappa shape index (κ1) is 13.4. The molecule has 1 aliphatic heterocycles. The molecule has 0 aromatic heterocycles. The van der Waals surface area contributed by atoms with Gasteiger partial charge in [-0.05, 0) is 0 Å². The Labute approximate surface area is 103 Å². The lowest BCUT2D eigenvalue weighted by Crippen LogP contribution is -2.46. The summed E-state index contributed by atoms with van der Waals surface area (Å²) in [5.74, 6) is -2.40. The summed E-state index contributed by atoms with van der Waals surface area (Å²) in [6, 6.07) is -0.844. The summed E-state index contributed by atoms with van der Waals surface area (Å²) in [5.41, 5.74) is -0.0506. The minimum Gasteiger partial charge on any atom is -0.370 e. The normalized spacial score (nSPS) is 32.6. The summed E-state index contributed by atoms with van der Waals surface area (Å²) in [6.07, 6.45) is -1.73. The van der Waals surface area contributed by atoms with E-state index in [9.17, 15) is 23.9 Å². The van der Waals surface area contributed by atoms with Gasteiger partial charge in [0.1, 0.15) is 18.0 Å². The molecule has 2 atom stereocenters. The number of allylic oxidation sites excluding steroid dienone is 1. The zero-order valence-electron chi connectivity index (χ0n) is 9.85. The Morgan fingerprint density at radius 1 is 1.33 bits per heavy atom. The first-order valence-corrected chi connectivity index (χ1v) is 5.98. The molecule has 5 nitrogen and oxygen atoms in total. The number of alkyl halides is 1. The molecule has 1 saturated heterocycles. The molecule has 1 fully saturated rings. The van der Waals surface area contributed by atoms with E-state index in [1.54, 1.807) is 0 Å². The van der Waals surface area contributed by atoms with Gasteiger partial charge in [-0.25, -0.2) is 8.78 Å². The van der Waals surface area contributed by atoms with Crippen molar-refractivity contribution in [2.24, 2.45) is 5.18 Å². The van der Waals surface area contributed by atoms with Gasteiger partial charge in [-0.1, -0.05) is 5.18 Å². The summed E-state index contributed by atoms with van der Waals surface area (Å²) < 4.78 is 27.6. The number of piperidine rings is 1. The van der Waals surface area contributed by atoms with Crippen LogP contribution < -0.4 is 0 Å². The highest BCUT2D eigenvalue weighted by Crippen LogP contribution is 2.34. The number of nitroso groups, excluding NO2 is 1. The van der Waals surface area contributed by atoms with E-state index in [2.05, 4.69) is 5.18 Å². The molecule has 0 saturated carbocycles. The maximum Gasteiger partial charge on any atom is 0.165 e. The van der Waals surface area contributed by atoms with Gasteiger partial charge in [-0.3, -0.25) is 0 Å². The quantitative estimate of drug-likeness (QED) is 0.579. The Balaban J connectivity index is 2.10. The lowest BCUT2D eigenvalue weighted by Gasteiger charge is -2.39. The van der Waals surface area contributed by atoms with Crippen LogP contribution in [0, 0.1) is 4.91 Å². The molecule has 2 rings (SSSR count). The van der Waals surface area contributed by atoms with E-state index in [-0.39, 0.29) is 44.5 Å². The van der Waals surface area contributed by atoms with Crippen molar-refractivity contribution in [2.75, 3.05) is 13.1 Å². The summed E-state index contributed by atoms with van der Waals surface area (Å²) in [5, 5.41) is 21.4. The minimum atomic E-state index is -1.75. The van der Waals surface area contributed by atoms with Gasteiger partial charge in [0.05, 0.1) is 5.70 Å². The second-order valence-electron chi connectivity index (χ2n) is 4.93. The van der Waals surface area contributed by atoms with Crippen molar-refractivity contribution >= 4 is 0 Å². The van der Waals surface area contributed by atoms with E-state index in [1.165, 1.54) is 4.90 Å². The molecule has 0 bridgehead atoms. The second kappa shape index (κ2) is 4.89. The summed E-state index contributed by atoms with van der Waals surface area (Å²) in [7, 11) is 0. The highest BCUT2D eigenvalue weighted by molar-refractivity contribution is 5.19. The number of hydrogen-bond acceptors (Lipinski definition) is 5. The van der Waals surface area contributed by atoms with Crippen molar-refractivity contribution in [1.29, 1.82) is 0 Å². The first-order chi connectivity index (χ1) is 8.43. The number of likely N-dealkylation sites (tertiary alicyclic amines) is 1. The van der Waals surface area contributed by atoms with E-state index in [1.807, 2.05) is 0 Å². The van der Waals surface area contributed by atoms with Crippen molar-refractivity contribution in [3.05, 3.63) is 16.4 Å². The first-order valence-electron chi connectivity index (χ1n) is 5.98. The molecule has 2 unspecified atom stereocenters. The zero-order chi connectivity index (χ0) is 13.3. The summed E-state index contributed by atoms with van der Waals surface area (Å²) >= 11 is 0. The van der Waals surface area contributed by atoms with Crippen LogP contribution in [0.1, 0.15) is 25.7 Å². The molecule has 0 aromatic carbocycles. The van der Waals surface area contributed by atoms with Crippen LogP contribution in [0.25, 0.3) is 0 Å². The largest absolute Gasteiger partial charge is 0.370 e. The zero-order valence-corrected chi connectivity index (χ0v) is 9.85. The van der Waals surface area contributed by atoms with Crippen LogP contribution in [-0.2, 0) is 0 Å². The Hall–Kier alpha value is -1.08. The molecule has 102 valence electrons. The molecule has 0 spiro atoms. The molecule has 7 heteroatoms. The topological polar surface area (TPSA) is 73.1 Å². The van der Waals surface area contributed by atoms with E-state index in [4.69, 9.17) is 0 Å². The molecule has 1 aliphatic carbocycles. The average molecular weight is 262 g/mol. The fourth-order valence-corrected chi connectivity index (χ4v) is 2.47. The molecule has 18 heavy (non-hydrogen) atoms. The Bertz CT molecular complexity index is 363. The predicted octanol–water partition coefficient (Wildman–Crippen LogP) is 1.21. The maximum atomic E-state index is 13.8. The predicted molar refractivity (Wildman–Crippen MR) is 59.8 cm³/mol. The van der Waals surface area contributed by atoms with Gasteiger partial charge >= 0.3 is 0 Å². The Morgan fingerprint density at radius 3 is 2.44 bits per heavy atom. The van der Waals surface area contributed by atoms with Crippen molar-refractivity contribution in [3.63, 3.8) is 0 Å². The molecule has 2 N–H and O–H groups in total. The third-order valence-electron chi connectivity index (χ3n) is 3.52. The van der Waals surface area contributed by atoms with Gasteiger partial charge < -0.3 is 15.1 Å². The SMILES string of the molecule is O=NC1CC(F)=C(N2CCC(O)(O)CC2)C(F)C1. The molecule has 0 radical (unpaired) electrons. The molecular formula is C11H16F2N2O3. The molecule has 0 amide bonds. The fraction of sp³-hybridized carbons (Fsp3) is 0.818. The van der Waals surface area contributed by atoms with E-state index in [0.717, 1.165) is 0 Å². The van der Waals surface area contributed by atoms with E-state index >= 15 is 0 Å².